The van der Waals surface area contributed by atoms with Crippen LogP contribution in [0.25, 0.3) is 11.3 Å². The Hall–Kier alpha value is -3.30. The first-order chi connectivity index (χ1) is 16.6. The predicted molar refractivity (Wildman–Crippen MR) is 130 cm³/mol. The molecule has 2 unspecified atom stereocenters. The van der Waals surface area contributed by atoms with Crippen molar-refractivity contribution in [3.63, 3.8) is 0 Å². The molecule has 3 aromatic rings. The number of piperazine rings is 1. The molecule has 2 bridgehead atoms. The van der Waals surface area contributed by atoms with E-state index in [9.17, 15) is 0 Å². The van der Waals surface area contributed by atoms with Crippen molar-refractivity contribution >= 4 is 23.1 Å². The molecule has 0 aliphatic carbocycles. The molecule has 9 heteroatoms. The Morgan fingerprint density at radius 2 is 1.91 bits per heavy atom. The number of ether oxygens (including phenoxy) is 1. The van der Waals surface area contributed by atoms with Crippen molar-refractivity contribution in [2.45, 2.75) is 18.5 Å². The van der Waals surface area contributed by atoms with Gasteiger partial charge in [-0.25, -0.2) is 19.3 Å². The van der Waals surface area contributed by atoms with Gasteiger partial charge in [-0.05, 0) is 49.9 Å². The molecule has 0 radical (unpaired) electrons. The number of hydrogen-bond donors (Lipinski definition) is 1. The molecule has 2 aromatic heterocycles. The zero-order valence-corrected chi connectivity index (χ0v) is 19.2. The van der Waals surface area contributed by atoms with E-state index in [1.165, 1.54) is 6.07 Å². The van der Waals surface area contributed by atoms with Gasteiger partial charge in [0.05, 0.1) is 24.6 Å². The Kier molecular flexibility index (Phi) is 5.50. The molecule has 1 aromatic carbocycles. The second-order valence-corrected chi connectivity index (χ2v) is 9.20. The number of likely N-dealkylation sites (N-methyl/N-ethyl adjacent to an activating group) is 1. The molecule has 3 fully saturated rings. The summed E-state index contributed by atoms with van der Waals surface area (Å²) in [6, 6.07) is 12.1. The highest BCUT2D eigenvalue weighted by atomic mass is 19.1. The number of halogens is 1. The third kappa shape index (κ3) is 4.05. The first-order valence-electron chi connectivity index (χ1n) is 11.8. The van der Waals surface area contributed by atoms with Crippen LogP contribution in [0.4, 0.5) is 27.5 Å². The highest BCUT2D eigenvalue weighted by Gasteiger charge is 2.42. The Morgan fingerprint density at radius 3 is 2.62 bits per heavy atom. The first kappa shape index (κ1) is 21.2. The fraction of sp³-hybridized carbons (Fsp3) is 0.400. The van der Waals surface area contributed by atoms with Gasteiger partial charge in [0.15, 0.2) is 0 Å². The second kappa shape index (κ2) is 8.81. The van der Waals surface area contributed by atoms with Crippen LogP contribution in [0.2, 0.25) is 0 Å². The van der Waals surface area contributed by atoms with E-state index in [1.807, 2.05) is 36.5 Å². The summed E-state index contributed by atoms with van der Waals surface area (Å²) >= 11 is 0. The number of morpholine rings is 1. The Balaban J connectivity index is 1.16. The van der Waals surface area contributed by atoms with Gasteiger partial charge in [-0.15, -0.1) is 0 Å². The summed E-state index contributed by atoms with van der Waals surface area (Å²) in [5.74, 6) is 1.14. The predicted octanol–water partition coefficient (Wildman–Crippen LogP) is 3.15. The van der Waals surface area contributed by atoms with Gasteiger partial charge in [-0.3, -0.25) is 4.90 Å². The molecule has 3 aliphatic rings. The van der Waals surface area contributed by atoms with E-state index in [-0.39, 0.29) is 5.82 Å². The molecule has 5 heterocycles. The van der Waals surface area contributed by atoms with Crippen LogP contribution in [-0.4, -0.2) is 78.4 Å². The van der Waals surface area contributed by atoms with E-state index in [2.05, 4.69) is 42.0 Å². The molecule has 1 N–H and O–H groups in total. The molecule has 0 spiro atoms. The van der Waals surface area contributed by atoms with E-state index in [0.717, 1.165) is 62.9 Å². The van der Waals surface area contributed by atoms with Gasteiger partial charge in [0, 0.05) is 61.9 Å². The van der Waals surface area contributed by atoms with Crippen molar-refractivity contribution in [3.05, 3.63) is 54.6 Å². The van der Waals surface area contributed by atoms with Crippen molar-refractivity contribution in [1.29, 1.82) is 0 Å². The average molecular weight is 462 g/mol. The number of hydrogen-bond acceptors (Lipinski definition) is 8. The van der Waals surface area contributed by atoms with Gasteiger partial charge in [0.25, 0.3) is 0 Å². The van der Waals surface area contributed by atoms with E-state index in [4.69, 9.17) is 4.74 Å². The minimum Gasteiger partial charge on any atom is -0.378 e. The van der Waals surface area contributed by atoms with E-state index >= 15 is 4.39 Å². The maximum absolute atomic E-state index is 15.0. The van der Waals surface area contributed by atoms with Gasteiger partial charge in [0.2, 0.25) is 5.95 Å². The monoisotopic (exact) mass is 461 g/mol. The minimum atomic E-state index is -0.223. The molecule has 0 saturated carbocycles. The number of likely N-dealkylation sites (tertiary alicyclic amines) is 1. The summed E-state index contributed by atoms with van der Waals surface area (Å²) in [6.45, 7) is 5.02. The largest absolute Gasteiger partial charge is 0.378 e. The molecule has 176 valence electrons. The van der Waals surface area contributed by atoms with Crippen LogP contribution < -0.4 is 15.1 Å². The maximum atomic E-state index is 15.0. The number of pyridine rings is 1. The van der Waals surface area contributed by atoms with Crippen LogP contribution in [0.15, 0.2) is 48.8 Å². The van der Waals surface area contributed by atoms with Crippen molar-refractivity contribution < 1.29 is 9.13 Å². The highest BCUT2D eigenvalue weighted by molar-refractivity contribution is 5.64. The quantitative estimate of drug-likeness (QED) is 0.622. The molecular weight excluding hydrogens is 433 g/mol. The number of benzene rings is 1. The van der Waals surface area contributed by atoms with Crippen molar-refractivity contribution in [1.82, 2.24) is 19.9 Å². The number of nitrogens with zero attached hydrogens (tertiary/aromatic N) is 6. The SMILES string of the molecule is CN1CC2CC1CN2c1ccc(Nc2nccc(-c3ccc(N4CCOCC4)nc3)n2)cc1F. The summed E-state index contributed by atoms with van der Waals surface area (Å²) in [6.07, 6.45) is 4.63. The van der Waals surface area contributed by atoms with Crippen molar-refractivity contribution in [2.75, 3.05) is 61.6 Å². The van der Waals surface area contributed by atoms with E-state index < -0.39 is 0 Å². The topological polar surface area (TPSA) is 69.7 Å². The lowest BCUT2D eigenvalue weighted by molar-refractivity contribution is 0.122. The normalized spacial score (nSPS) is 22.4. The third-order valence-electron chi connectivity index (χ3n) is 7.06. The van der Waals surface area contributed by atoms with Crippen LogP contribution in [0, 0.1) is 5.82 Å². The summed E-state index contributed by atoms with van der Waals surface area (Å²) in [5.41, 5.74) is 2.96. The Labute approximate surface area is 198 Å². The highest BCUT2D eigenvalue weighted by Crippen LogP contribution is 2.36. The van der Waals surface area contributed by atoms with Crippen molar-refractivity contribution in [3.8, 4) is 11.3 Å². The van der Waals surface area contributed by atoms with Crippen LogP contribution in [-0.2, 0) is 4.74 Å². The van der Waals surface area contributed by atoms with Gasteiger partial charge >= 0.3 is 0 Å². The van der Waals surface area contributed by atoms with Crippen LogP contribution in [0.1, 0.15) is 6.42 Å². The van der Waals surface area contributed by atoms with Crippen LogP contribution in [0.5, 0.6) is 0 Å². The lowest BCUT2D eigenvalue weighted by atomic mass is 10.2. The number of nitrogens with one attached hydrogen (secondary N) is 1. The standard InChI is InChI=1S/C25H28FN7O/c1-31-15-20-13-19(31)16-33(20)23-4-3-18(12-21(23)26)29-25-27-7-6-22(30-25)17-2-5-24(28-14-17)32-8-10-34-11-9-32/h2-7,12,14,19-20H,8-11,13,15-16H2,1H3,(H,27,29,30). The molecular formula is C25H28FN7O. The number of rotatable bonds is 5. The van der Waals surface area contributed by atoms with Gasteiger partial charge < -0.3 is 19.9 Å². The summed E-state index contributed by atoms with van der Waals surface area (Å²) in [7, 11) is 2.15. The van der Waals surface area contributed by atoms with E-state index in [1.54, 1.807) is 6.20 Å². The maximum Gasteiger partial charge on any atom is 0.227 e. The van der Waals surface area contributed by atoms with Crippen molar-refractivity contribution in [2.24, 2.45) is 0 Å². The molecule has 0 amide bonds. The first-order valence-corrected chi connectivity index (χ1v) is 11.8. The average Bonchev–Trinajstić information content (AvgIpc) is 3.45. The Morgan fingerprint density at radius 1 is 1.03 bits per heavy atom. The summed E-state index contributed by atoms with van der Waals surface area (Å²) < 4.78 is 20.4. The van der Waals surface area contributed by atoms with Gasteiger partial charge in [-0.2, -0.15) is 0 Å². The lowest BCUT2D eigenvalue weighted by Crippen LogP contribution is -2.44. The number of anilines is 4. The summed E-state index contributed by atoms with van der Waals surface area (Å²) in [5, 5.41) is 3.15. The van der Waals surface area contributed by atoms with Gasteiger partial charge in [-0.1, -0.05) is 0 Å². The van der Waals surface area contributed by atoms with Crippen LogP contribution >= 0.6 is 0 Å². The smallest absolute Gasteiger partial charge is 0.227 e. The van der Waals surface area contributed by atoms with Gasteiger partial charge in [0.1, 0.15) is 11.6 Å². The molecule has 3 aliphatic heterocycles. The number of fused-ring (bicyclic) bond motifs is 2. The number of aromatic nitrogens is 3. The fourth-order valence-corrected chi connectivity index (χ4v) is 5.20. The summed E-state index contributed by atoms with van der Waals surface area (Å²) in [4.78, 5) is 20.3. The third-order valence-corrected chi connectivity index (χ3v) is 7.06. The van der Waals surface area contributed by atoms with Crippen LogP contribution in [0.3, 0.4) is 0 Å². The molecule has 6 rings (SSSR count). The Bertz CT molecular complexity index is 1170. The fourth-order valence-electron chi connectivity index (χ4n) is 5.20. The molecule has 2 atom stereocenters. The minimum absolute atomic E-state index is 0.223. The second-order valence-electron chi connectivity index (χ2n) is 9.20. The van der Waals surface area contributed by atoms with E-state index in [0.29, 0.717) is 29.4 Å². The zero-order valence-electron chi connectivity index (χ0n) is 19.2. The lowest BCUT2D eigenvalue weighted by Gasteiger charge is -2.33. The molecule has 34 heavy (non-hydrogen) atoms. The molecule has 3 saturated heterocycles. The zero-order chi connectivity index (χ0) is 23.1. The molecule has 8 nitrogen and oxygen atoms in total.